The number of hydrogen-bond donors (Lipinski definition) is 0. The second-order valence-corrected chi connectivity index (χ2v) is 7.18. The van der Waals surface area contributed by atoms with Gasteiger partial charge in [0.15, 0.2) is 0 Å². The molecule has 3 aliphatic heterocycles. The van der Waals surface area contributed by atoms with Gasteiger partial charge in [0.05, 0.1) is 6.10 Å². The number of ether oxygens (including phenoxy) is 2. The van der Waals surface area contributed by atoms with Crippen molar-refractivity contribution in [2.75, 3.05) is 0 Å². The van der Waals surface area contributed by atoms with Gasteiger partial charge in [-0.25, -0.2) is 0 Å². The van der Waals surface area contributed by atoms with Crippen LogP contribution in [0, 0.1) is 0 Å². The summed E-state index contributed by atoms with van der Waals surface area (Å²) >= 11 is 3.27. The SMILES string of the molecule is CC(Br)OC1C2CC3C(O2)C1OS3(=O)=O. The summed E-state index contributed by atoms with van der Waals surface area (Å²) in [6, 6.07) is 0. The fraction of sp³-hybridized carbons (Fsp3) is 1.00. The summed E-state index contributed by atoms with van der Waals surface area (Å²) in [7, 11) is -3.42. The standard InChI is InChI=1S/C8H11BrO5S/c1-3(9)12-6-4-2-5-7(13-4)8(6)14-15(5,10)11/h3-8H,2H2,1H3. The van der Waals surface area contributed by atoms with Crippen molar-refractivity contribution in [2.24, 2.45) is 0 Å². The fourth-order valence-corrected chi connectivity index (χ4v) is 4.50. The third kappa shape index (κ3) is 1.40. The maximum Gasteiger partial charge on any atom is 0.273 e. The van der Waals surface area contributed by atoms with Gasteiger partial charge in [-0.15, -0.1) is 0 Å². The molecule has 0 saturated carbocycles. The molecule has 3 heterocycles. The van der Waals surface area contributed by atoms with Gasteiger partial charge in [0.1, 0.15) is 28.6 Å². The second kappa shape index (κ2) is 3.16. The molecule has 15 heavy (non-hydrogen) atoms. The van der Waals surface area contributed by atoms with Gasteiger partial charge < -0.3 is 9.47 Å². The van der Waals surface area contributed by atoms with Crippen LogP contribution in [0.1, 0.15) is 13.3 Å². The normalized spacial score (nSPS) is 52.3. The van der Waals surface area contributed by atoms with E-state index in [4.69, 9.17) is 13.7 Å². The predicted octanol–water partition coefficient (Wildman–Crippen LogP) is 0.381. The van der Waals surface area contributed by atoms with Gasteiger partial charge in [0.25, 0.3) is 10.1 Å². The lowest BCUT2D eigenvalue weighted by atomic mass is 9.94. The molecule has 0 aromatic rings. The Morgan fingerprint density at radius 1 is 1.47 bits per heavy atom. The number of hydrogen-bond acceptors (Lipinski definition) is 5. The highest BCUT2D eigenvalue weighted by Crippen LogP contribution is 2.48. The van der Waals surface area contributed by atoms with Crippen LogP contribution in [0.25, 0.3) is 0 Å². The average Bonchev–Trinajstić information content (AvgIpc) is 2.67. The Kier molecular flexibility index (Phi) is 2.21. The van der Waals surface area contributed by atoms with E-state index in [0.29, 0.717) is 6.42 Å². The van der Waals surface area contributed by atoms with Gasteiger partial charge in [-0.05, 0) is 13.3 Å². The van der Waals surface area contributed by atoms with E-state index in [1.807, 2.05) is 6.92 Å². The first-order chi connectivity index (χ1) is 6.99. The van der Waals surface area contributed by atoms with Gasteiger partial charge in [-0.3, -0.25) is 4.18 Å². The molecule has 3 rings (SSSR count). The highest BCUT2D eigenvalue weighted by molar-refractivity contribution is 9.09. The molecule has 0 radical (unpaired) electrons. The first kappa shape index (κ1) is 10.5. The van der Waals surface area contributed by atoms with Crippen LogP contribution >= 0.6 is 15.9 Å². The van der Waals surface area contributed by atoms with Crippen LogP contribution in [0.15, 0.2) is 0 Å². The van der Waals surface area contributed by atoms with E-state index in [1.54, 1.807) is 0 Å². The highest BCUT2D eigenvalue weighted by Gasteiger charge is 2.66. The molecule has 86 valence electrons. The third-order valence-corrected chi connectivity index (χ3v) is 5.05. The minimum atomic E-state index is -3.42. The Hall–Kier alpha value is 0.310. The van der Waals surface area contributed by atoms with Crippen LogP contribution in [0.4, 0.5) is 0 Å². The lowest BCUT2D eigenvalue weighted by Gasteiger charge is -2.23. The van der Waals surface area contributed by atoms with Gasteiger partial charge in [-0.1, -0.05) is 15.9 Å². The van der Waals surface area contributed by atoms with Gasteiger partial charge in [-0.2, -0.15) is 8.42 Å². The highest BCUT2D eigenvalue weighted by atomic mass is 79.9. The van der Waals surface area contributed by atoms with Crippen molar-refractivity contribution in [1.82, 2.24) is 0 Å². The number of alkyl halides is 1. The van der Waals surface area contributed by atoms with Crippen LogP contribution in [0.5, 0.6) is 0 Å². The molecule has 0 spiro atoms. The zero-order valence-electron chi connectivity index (χ0n) is 8.00. The van der Waals surface area contributed by atoms with Crippen molar-refractivity contribution >= 4 is 26.0 Å². The van der Waals surface area contributed by atoms with E-state index in [2.05, 4.69) is 15.9 Å². The van der Waals surface area contributed by atoms with Gasteiger partial charge in [0, 0.05) is 0 Å². The van der Waals surface area contributed by atoms with Crippen LogP contribution in [-0.2, 0) is 23.8 Å². The summed E-state index contributed by atoms with van der Waals surface area (Å²) in [6.07, 6.45) is -0.677. The van der Waals surface area contributed by atoms with Crippen LogP contribution in [0.2, 0.25) is 0 Å². The Morgan fingerprint density at radius 3 is 2.87 bits per heavy atom. The maximum atomic E-state index is 11.5. The third-order valence-electron chi connectivity index (χ3n) is 3.14. The fourth-order valence-electron chi connectivity index (χ4n) is 2.61. The van der Waals surface area contributed by atoms with Crippen LogP contribution in [-0.4, -0.2) is 43.1 Å². The molecule has 3 saturated heterocycles. The Bertz CT molecular complexity index is 380. The molecule has 0 aromatic carbocycles. The van der Waals surface area contributed by atoms with Gasteiger partial charge in [0.2, 0.25) is 0 Å². The molecule has 5 nitrogen and oxygen atoms in total. The molecule has 0 aliphatic carbocycles. The van der Waals surface area contributed by atoms with E-state index in [0.717, 1.165) is 0 Å². The zero-order valence-corrected chi connectivity index (χ0v) is 10.4. The van der Waals surface area contributed by atoms with E-state index in [9.17, 15) is 8.42 Å². The molecule has 2 bridgehead atoms. The summed E-state index contributed by atoms with van der Waals surface area (Å²) in [5, 5.41) is -0.603. The lowest BCUT2D eigenvalue weighted by Crippen LogP contribution is -2.41. The molecule has 6 unspecified atom stereocenters. The molecule has 0 amide bonds. The average molecular weight is 299 g/mol. The van der Waals surface area contributed by atoms with Crippen LogP contribution in [0.3, 0.4) is 0 Å². The van der Waals surface area contributed by atoms with E-state index < -0.39 is 21.5 Å². The maximum absolute atomic E-state index is 11.5. The second-order valence-electron chi connectivity index (χ2n) is 4.11. The number of fused-ring (bicyclic) bond motifs is 1. The largest absolute Gasteiger partial charge is 0.368 e. The Morgan fingerprint density at radius 2 is 2.20 bits per heavy atom. The summed E-state index contributed by atoms with van der Waals surface area (Å²) in [6.45, 7) is 1.84. The minimum Gasteiger partial charge on any atom is -0.368 e. The lowest BCUT2D eigenvalue weighted by molar-refractivity contribution is -0.0308. The first-order valence-corrected chi connectivity index (χ1v) is 7.25. The van der Waals surface area contributed by atoms with E-state index in [-0.39, 0.29) is 23.3 Å². The summed E-state index contributed by atoms with van der Waals surface area (Å²) in [5.74, 6) is 0. The van der Waals surface area contributed by atoms with Gasteiger partial charge >= 0.3 is 0 Å². The monoisotopic (exact) mass is 298 g/mol. The molecular formula is C8H11BrO5S. The summed E-state index contributed by atoms with van der Waals surface area (Å²) < 4.78 is 39.3. The van der Waals surface area contributed by atoms with Crippen molar-refractivity contribution < 1.29 is 22.1 Å². The molecule has 3 fully saturated rings. The van der Waals surface area contributed by atoms with Crippen molar-refractivity contribution in [3.63, 3.8) is 0 Å². The Labute approximate surface area is 96.3 Å². The molecular weight excluding hydrogens is 288 g/mol. The smallest absolute Gasteiger partial charge is 0.273 e. The molecule has 0 aromatic heterocycles. The van der Waals surface area contributed by atoms with Crippen LogP contribution < -0.4 is 0 Å². The topological polar surface area (TPSA) is 61.8 Å². The zero-order chi connectivity index (χ0) is 10.8. The van der Waals surface area contributed by atoms with Crippen molar-refractivity contribution in [1.29, 1.82) is 0 Å². The predicted molar refractivity (Wildman–Crippen MR) is 54.1 cm³/mol. The molecule has 7 heteroatoms. The summed E-state index contributed by atoms with van der Waals surface area (Å²) in [5.41, 5.74) is 0. The number of halogens is 1. The Balaban J connectivity index is 1.88. The van der Waals surface area contributed by atoms with E-state index >= 15 is 0 Å². The molecule has 3 aliphatic rings. The van der Waals surface area contributed by atoms with Crippen molar-refractivity contribution in [2.45, 2.75) is 48.0 Å². The van der Waals surface area contributed by atoms with E-state index in [1.165, 1.54) is 0 Å². The minimum absolute atomic E-state index is 0.129. The number of rotatable bonds is 2. The van der Waals surface area contributed by atoms with Crippen molar-refractivity contribution in [3.8, 4) is 0 Å². The molecule has 6 atom stereocenters. The molecule has 0 N–H and O–H groups in total. The summed E-state index contributed by atoms with van der Waals surface area (Å²) in [4.78, 5) is 0. The van der Waals surface area contributed by atoms with Crippen molar-refractivity contribution in [3.05, 3.63) is 0 Å². The quantitative estimate of drug-likeness (QED) is 0.545. The first-order valence-electron chi connectivity index (χ1n) is 4.86.